The maximum Gasteiger partial charge on any atom is 0.260 e. The number of benzene rings is 2. The SMILES string of the molecule is N#Cc1c(F)cc(CN(C(=O)c2cccnc2)c2cccc3c2S(=O)CC3)cc1F. The van der Waals surface area contributed by atoms with Crippen LogP contribution in [0.2, 0.25) is 0 Å². The van der Waals surface area contributed by atoms with Crippen molar-refractivity contribution in [2.24, 2.45) is 0 Å². The summed E-state index contributed by atoms with van der Waals surface area (Å²) in [5, 5.41) is 8.89. The van der Waals surface area contributed by atoms with Gasteiger partial charge in [-0.2, -0.15) is 5.26 Å². The van der Waals surface area contributed by atoms with Crippen LogP contribution in [-0.4, -0.2) is 20.9 Å². The molecule has 0 bridgehead atoms. The van der Waals surface area contributed by atoms with Crippen molar-refractivity contribution in [3.63, 3.8) is 0 Å². The third kappa shape index (κ3) is 3.60. The van der Waals surface area contributed by atoms with Gasteiger partial charge in [0.1, 0.15) is 23.3 Å². The summed E-state index contributed by atoms with van der Waals surface area (Å²) in [6.07, 6.45) is 3.56. The molecule has 1 aliphatic heterocycles. The van der Waals surface area contributed by atoms with Gasteiger partial charge in [0, 0.05) is 18.1 Å². The van der Waals surface area contributed by atoms with Crippen LogP contribution in [0.1, 0.15) is 27.0 Å². The van der Waals surface area contributed by atoms with Crippen molar-refractivity contribution in [1.82, 2.24) is 4.98 Å². The third-order valence-electron chi connectivity index (χ3n) is 4.86. The number of amides is 1. The van der Waals surface area contributed by atoms with Crippen LogP contribution in [-0.2, 0) is 23.8 Å². The van der Waals surface area contributed by atoms with E-state index < -0.39 is 33.9 Å². The summed E-state index contributed by atoms with van der Waals surface area (Å²) < 4.78 is 40.9. The van der Waals surface area contributed by atoms with Crippen LogP contribution in [0.5, 0.6) is 0 Å². The molecule has 4 rings (SSSR count). The number of nitriles is 1. The first-order chi connectivity index (χ1) is 14.5. The smallest absolute Gasteiger partial charge is 0.260 e. The lowest BCUT2D eigenvalue weighted by atomic mass is 10.1. The highest BCUT2D eigenvalue weighted by Gasteiger charge is 2.28. The van der Waals surface area contributed by atoms with Crippen LogP contribution in [0, 0.1) is 23.0 Å². The molecule has 0 fully saturated rings. The van der Waals surface area contributed by atoms with Gasteiger partial charge in [-0.15, -0.1) is 0 Å². The second-order valence-electron chi connectivity index (χ2n) is 6.74. The maximum atomic E-state index is 14.1. The van der Waals surface area contributed by atoms with E-state index in [0.717, 1.165) is 17.7 Å². The summed E-state index contributed by atoms with van der Waals surface area (Å²) in [6, 6.07) is 12.0. The van der Waals surface area contributed by atoms with E-state index in [2.05, 4.69) is 4.98 Å². The summed E-state index contributed by atoms with van der Waals surface area (Å²) in [4.78, 5) is 19.2. The highest BCUT2D eigenvalue weighted by molar-refractivity contribution is 7.85. The van der Waals surface area contributed by atoms with Crippen molar-refractivity contribution in [2.45, 2.75) is 17.9 Å². The monoisotopic (exact) mass is 423 g/mol. The average Bonchev–Trinajstić information content (AvgIpc) is 3.13. The number of pyridine rings is 1. The van der Waals surface area contributed by atoms with Gasteiger partial charge in [-0.1, -0.05) is 12.1 Å². The first kappa shape index (κ1) is 19.9. The number of rotatable bonds is 4. The lowest BCUT2D eigenvalue weighted by Gasteiger charge is -2.25. The lowest BCUT2D eigenvalue weighted by Crippen LogP contribution is -2.31. The molecule has 2 aromatic carbocycles. The molecular formula is C22H15F2N3O2S. The van der Waals surface area contributed by atoms with E-state index in [4.69, 9.17) is 5.26 Å². The number of anilines is 1. The van der Waals surface area contributed by atoms with Crippen LogP contribution in [0.15, 0.2) is 59.8 Å². The summed E-state index contributed by atoms with van der Waals surface area (Å²) in [7, 11) is -1.28. The number of carbonyl (C=O) groups excluding carboxylic acids is 1. The van der Waals surface area contributed by atoms with E-state index in [0.29, 0.717) is 22.8 Å². The quantitative estimate of drug-likeness (QED) is 0.641. The van der Waals surface area contributed by atoms with Crippen LogP contribution in [0.3, 0.4) is 0 Å². The van der Waals surface area contributed by atoms with E-state index in [-0.39, 0.29) is 17.7 Å². The summed E-state index contributed by atoms with van der Waals surface area (Å²) in [6.45, 7) is -0.166. The Balaban J connectivity index is 1.82. The minimum absolute atomic E-state index is 0.166. The minimum Gasteiger partial charge on any atom is -0.303 e. The number of aryl methyl sites for hydroxylation is 1. The molecule has 1 unspecified atom stereocenters. The molecule has 1 atom stereocenters. The lowest BCUT2D eigenvalue weighted by molar-refractivity contribution is 0.0984. The second-order valence-corrected chi connectivity index (χ2v) is 8.25. The van der Waals surface area contributed by atoms with Gasteiger partial charge < -0.3 is 4.90 Å². The Morgan fingerprint density at radius 3 is 2.63 bits per heavy atom. The molecule has 0 saturated carbocycles. The van der Waals surface area contributed by atoms with Gasteiger partial charge in [-0.3, -0.25) is 14.0 Å². The zero-order valence-corrected chi connectivity index (χ0v) is 16.5. The Morgan fingerprint density at radius 1 is 1.20 bits per heavy atom. The van der Waals surface area contributed by atoms with E-state index in [1.807, 2.05) is 6.07 Å². The number of aromatic nitrogens is 1. The van der Waals surface area contributed by atoms with Crippen molar-refractivity contribution >= 4 is 22.4 Å². The van der Waals surface area contributed by atoms with Gasteiger partial charge in [0.25, 0.3) is 5.91 Å². The van der Waals surface area contributed by atoms with E-state index in [1.165, 1.54) is 23.4 Å². The first-order valence-corrected chi connectivity index (χ1v) is 10.4. The van der Waals surface area contributed by atoms with E-state index in [9.17, 15) is 17.8 Å². The number of fused-ring (bicyclic) bond motifs is 1. The number of nitrogens with zero attached hydrogens (tertiary/aromatic N) is 3. The summed E-state index contributed by atoms with van der Waals surface area (Å²) in [5.41, 5.74) is 1.09. The summed E-state index contributed by atoms with van der Waals surface area (Å²) >= 11 is 0. The van der Waals surface area contributed by atoms with Gasteiger partial charge in [-0.25, -0.2) is 8.78 Å². The molecular weight excluding hydrogens is 408 g/mol. The maximum absolute atomic E-state index is 14.1. The Labute approximate surface area is 174 Å². The Hall–Kier alpha value is -3.44. The highest BCUT2D eigenvalue weighted by Crippen LogP contribution is 2.34. The molecule has 1 amide bonds. The van der Waals surface area contributed by atoms with Gasteiger partial charge in [0.2, 0.25) is 0 Å². The number of halogens is 2. The van der Waals surface area contributed by atoms with Gasteiger partial charge in [0.05, 0.1) is 33.5 Å². The number of carbonyl (C=O) groups is 1. The predicted molar refractivity (Wildman–Crippen MR) is 107 cm³/mol. The molecule has 5 nitrogen and oxygen atoms in total. The molecule has 150 valence electrons. The third-order valence-corrected chi connectivity index (χ3v) is 6.36. The molecule has 0 aliphatic carbocycles. The Morgan fingerprint density at radius 2 is 1.97 bits per heavy atom. The molecule has 0 N–H and O–H groups in total. The van der Waals surface area contributed by atoms with Crippen molar-refractivity contribution in [3.8, 4) is 6.07 Å². The first-order valence-electron chi connectivity index (χ1n) is 9.09. The molecule has 0 radical (unpaired) electrons. The summed E-state index contributed by atoms with van der Waals surface area (Å²) in [5.74, 6) is -1.97. The molecule has 0 spiro atoms. The topological polar surface area (TPSA) is 74.1 Å². The fourth-order valence-corrected chi connectivity index (χ4v) is 4.95. The van der Waals surface area contributed by atoms with Gasteiger partial charge in [-0.05, 0) is 47.9 Å². The molecule has 1 aliphatic rings. The molecule has 1 aromatic heterocycles. The molecule has 30 heavy (non-hydrogen) atoms. The normalized spacial score (nSPS) is 14.8. The highest BCUT2D eigenvalue weighted by atomic mass is 32.2. The van der Waals surface area contributed by atoms with Crippen LogP contribution < -0.4 is 4.90 Å². The van der Waals surface area contributed by atoms with Crippen LogP contribution in [0.4, 0.5) is 14.5 Å². The number of hydrogen-bond acceptors (Lipinski definition) is 4. The fraction of sp³-hybridized carbons (Fsp3) is 0.136. The van der Waals surface area contributed by atoms with Gasteiger partial charge >= 0.3 is 0 Å². The van der Waals surface area contributed by atoms with E-state index >= 15 is 0 Å². The van der Waals surface area contributed by atoms with Crippen molar-refractivity contribution in [2.75, 3.05) is 10.7 Å². The standard InChI is InChI=1S/C22H15F2N3O2S/c23-18-9-14(10-19(24)17(18)11-25)13-27(22(28)16-4-2-7-26-12-16)20-5-1-3-15-6-8-30(29)21(15)20/h1-5,7,9-10,12H,6,8,13H2. The fourth-order valence-electron chi connectivity index (χ4n) is 3.47. The minimum atomic E-state index is -1.28. The zero-order chi connectivity index (χ0) is 21.3. The number of hydrogen-bond donors (Lipinski definition) is 0. The van der Waals surface area contributed by atoms with Gasteiger partial charge in [0.15, 0.2) is 0 Å². The van der Waals surface area contributed by atoms with Crippen molar-refractivity contribution < 1.29 is 17.8 Å². The molecule has 3 aromatic rings. The molecule has 0 saturated heterocycles. The predicted octanol–water partition coefficient (Wildman–Crippen LogP) is 3.74. The van der Waals surface area contributed by atoms with Crippen LogP contribution >= 0.6 is 0 Å². The largest absolute Gasteiger partial charge is 0.303 e. The zero-order valence-electron chi connectivity index (χ0n) is 15.6. The molecule has 8 heteroatoms. The van der Waals surface area contributed by atoms with E-state index in [1.54, 1.807) is 24.3 Å². The molecule has 2 heterocycles. The Bertz CT molecular complexity index is 1190. The second kappa shape index (κ2) is 8.13. The van der Waals surface area contributed by atoms with Crippen molar-refractivity contribution in [1.29, 1.82) is 5.26 Å². The van der Waals surface area contributed by atoms with Crippen molar-refractivity contribution in [3.05, 3.63) is 88.7 Å². The van der Waals surface area contributed by atoms with Crippen LogP contribution in [0.25, 0.3) is 0 Å². The average molecular weight is 423 g/mol. The Kier molecular flexibility index (Phi) is 5.38.